The quantitative estimate of drug-likeness (QED) is 0.712. The summed E-state index contributed by atoms with van der Waals surface area (Å²) in [5.74, 6) is 0. The van der Waals surface area contributed by atoms with E-state index < -0.39 is 0 Å². The Kier molecular flexibility index (Phi) is 5.14. The second-order valence-electron chi connectivity index (χ2n) is 3.78. The molecule has 78 valence electrons. The lowest BCUT2D eigenvalue weighted by Gasteiger charge is -2.20. The maximum absolute atomic E-state index is 9.41. The standard InChI is InChI=1S/C10H21NOS/c1-3-8(12)7-11-9-5-4-6-10(9)13-2/h8-12H,3-7H2,1-2H3. The fourth-order valence-electron chi connectivity index (χ4n) is 1.87. The fourth-order valence-corrected chi connectivity index (χ4v) is 2.84. The highest BCUT2D eigenvalue weighted by Crippen LogP contribution is 2.28. The summed E-state index contributed by atoms with van der Waals surface area (Å²) < 4.78 is 0. The zero-order valence-corrected chi connectivity index (χ0v) is 9.44. The number of nitrogens with one attached hydrogen (secondary N) is 1. The van der Waals surface area contributed by atoms with Gasteiger partial charge < -0.3 is 10.4 Å². The molecule has 3 atom stereocenters. The van der Waals surface area contributed by atoms with Crippen molar-refractivity contribution in [1.29, 1.82) is 0 Å². The number of hydrogen-bond acceptors (Lipinski definition) is 3. The molecule has 0 aliphatic heterocycles. The molecule has 0 saturated heterocycles. The first-order valence-corrected chi connectivity index (χ1v) is 6.51. The lowest BCUT2D eigenvalue weighted by atomic mass is 10.2. The zero-order chi connectivity index (χ0) is 9.68. The van der Waals surface area contributed by atoms with Crippen molar-refractivity contribution in [2.45, 2.75) is 50.0 Å². The predicted octanol–water partition coefficient (Wildman–Crippen LogP) is 1.63. The van der Waals surface area contributed by atoms with Gasteiger partial charge in [0.2, 0.25) is 0 Å². The van der Waals surface area contributed by atoms with Gasteiger partial charge in [-0.25, -0.2) is 0 Å². The molecule has 1 fully saturated rings. The van der Waals surface area contributed by atoms with Crippen LogP contribution in [0.5, 0.6) is 0 Å². The van der Waals surface area contributed by atoms with Crippen LogP contribution in [-0.2, 0) is 0 Å². The third-order valence-corrected chi connectivity index (χ3v) is 4.01. The van der Waals surface area contributed by atoms with Gasteiger partial charge in [-0.15, -0.1) is 0 Å². The van der Waals surface area contributed by atoms with Crippen molar-refractivity contribution in [1.82, 2.24) is 5.32 Å². The predicted molar refractivity (Wildman–Crippen MR) is 59.2 cm³/mol. The summed E-state index contributed by atoms with van der Waals surface area (Å²) in [5, 5.41) is 13.6. The third-order valence-electron chi connectivity index (χ3n) is 2.84. The van der Waals surface area contributed by atoms with Crippen LogP contribution in [0, 0.1) is 0 Å². The first kappa shape index (κ1) is 11.3. The van der Waals surface area contributed by atoms with Crippen molar-refractivity contribution < 1.29 is 5.11 Å². The molecule has 0 radical (unpaired) electrons. The molecule has 1 saturated carbocycles. The minimum absolute atomic E-state index is 0.164. The van der Waals surface area contributed by atoms with E-state index in [0.717, 1.165) is 18.2 Å². The zero-order valence-electron chi connectivity index (χ0n) is 8.62. The first-order chi connectivity index (χ1) is 6.27. The normalized spacial score (nSPS) is 30.7. The van der Waals surface area contributed by atoms with Gasteiger partial charge in [-0.2, -0.15) is 11.8 Å². The van der Waals surface area contributed by atoms with Crippen molar-refractivity contribution in [3.63, 3.8) is 0 Å². The summed E-state index contributed by atoms with van der Waals surface area (Å²) in [6.07, 6.45) is 6.82. The van der Waals surface area contributed by atoms with E-state index in [1.54, 1.807) is 0 Å². The van der Waals surface area contributed by atoms with Crippen molar-refractivity contribution in [2.24, 2.45) is 0 Å². The SMILES string of the molecule is CCC(O)CNC1CCCC1SC. The molecule has 0 bridgehead atoms. The second kappa shape index (κ2) is 5.89. The Hall–Kier alpha value is 0.270. The highest BCUT2D eigenvalue weighted by Gasteiger charge is 2.25. The largest absolute Gasteiger partial charge is 0.392 e. The molecule has 3 unspecified atom stereocenters. The summed E-state index contributed by atoms with van der Waals surface area (Å²) in [7, 11) is 0. The topological polar surface area (TPSA) is 32.3 Å². The number of aliphatic hydroxyl groups is 1. The number of thioether (sulfide) groups is 1. The average Bonchev–Trinajstić information content (AvgIpc) is 2.61. The summed E-state index contributed by atoms with van der Waals surface area (Å²) in [5.41, 5.74) is 0. The van der Waals surface area contributed by atoms with Crippen LogP contribution in [-0.4, -0.2) is 35.3 Å². The summed E-state index contributed by atoms with van der Waals surface area (Å²) >= 11 is 1.96. The van der Waals surface area contributed by atoms with Crippen LogP contribution >= 0.6 is 11.8 Å². The van der Waals surface area contributed by atoms with Crippen molar-refractivity contribution in [3.8, 4) is 0 Å². The molecular weight excluding hydrogens is 182 g/mol. The van der Waals surface area contributed by atoms with Gasteiger partial charge >= 0.3 is 0 Å². The third kappa shape index (κ3) is 3.49. The van der Waals surface area contributed by atoms with Crippen LogP contribution < -0.4 is 5.32 Å². The van der Waals surface area contributed by atoms with Crippen LogP contribution in [0.25, 0.3) is 0 Å². The molecule has 0 amide bonds. The van der Waals surface area contributed by atoms with Gasteiger partial charge in [0.15, 0.2) is 0 Å². The Morgan fingerprint density at radius 3 is 2.92 bits per heavy atom. The summed E-state index contributed by atoms with van der Waals surface area (Å²) in [6, 6.07) is 0.635. The maximum atomic E-state index is 9.41. The Labute approximate surface area is 85.5 Å². The molecule has 2 nitrogen and oxygen atoms in total. The van der Waals surface area contributed by atoms with Gasteiger partial charge in [-0.3, -0.25) is 0 Å². The lowest BCUT2D eigenvalue weighted by Crippen LogP contribution is -2.38. The minimum Gasteiger partial charge on any atom is -0.392 e. The van der Waals surface area contributed by atoms with E-state index >= 15 is 0 Å². The van der Waals surface area contributed by atoms with Gasteiger partial charge in [0.05, 0.1) is 6.10 Å². The van der Waals surface area contributed by atoms with Crippen LogP contribution in [0.3, 0.4) is 0 Å². The Morgan fingerprint density at radius 1 is 1.54 bits per heavy atom. The molecule has 0 aromatic heterocycles. The molecule has 13 heavy (non-hydrogen) atoms. The molecular formula is C10H21NOS. The van der Waals surface area contributed by atoms with Crippen LogP contribution in [0.2, 0.25) is 0 Å². The van der Waals surface area contributed by atoms with Crippen molar-refractivity contribution in [2.75, 3.05) is 12.8 Å². The van der Waals surface area contributed by atoms with E-state index in [0.29, 0.717) is 6.04 Å². The van der Waals surface area contributed by atoms with Gasteiger partial charge in [-0.1, -0.05) is 13.3 Å². The van der Waals surface area contributed by atoms with E-state index in [2.05, 4.69) is 11.6 Å². The molecule has 0 heterocycles. The molecule has 0 spiro atoms. The molecule has 0 aromatic carbocycles. The van der Waals surface area contributed by atoms with E-state index in [1.807, 2.05) is 18.7 Å². The highest BCUT2D eigenvalue weighted by atomic mass is 32.2. The molecule has 3 heteroatoms. The fraction of sp³-hybridized carbons (Fsp3) is 1.00. The van der Waals surface area contributed by atoms with Crippen LogP contribution in [0.1, 0.15) is 32.6 Å². The monoisotopic (exact) mass is 203 g/mol. The number of aliphatic hydroxyl groups excluding tert-OH is 1. The molecule has 1 aliphatic rings. The Balaban J connectivity index is 2.19. The first-order valence-electron chi connectivity index (χ1n) is 5.22. The van der Waals surface area contributed by atoms with Crippen molar-refractivity contribution in [3.05, 3.63) is 0 Å². The smallest absolute Gasteiger partial charge is 0.0662 e. The number of rotatable bonds is 5. The van der Waals surface area contributed by atoms with Crippen LogP contribution in [0.4, 0.5) is 0 Å². The van der Waals surface area contributed by atoms with E-state index in [1.165, 1.54) is 19.3 Å². The van der Waals surface area contributed by atoms with E-state index in [9.17, 15) is 5.11 Å². The average molecular weight is 203 g/mol. The summed E-state index contributed by atoms with van der Waals surface area (Å²) in [6.45, 7) is 2.78. The van der Waals surface area contributed by atoms with Gasteiger partial charge in [-0.05, 0) is 25.5 Å². The minimum atomic E-state index is -0.164. The van der Waals surface area contributed by atoms with E-state index in [4.69, 9.17) is 0 Å². The van der Waals surface area contributed by atoms with Crippen LogP contribution in [0.15, 0.2) is 0 Å². The van der Waals surface area contributed by atoms with Crippen molar-refractivity contribution >= 4 is 11.8 Å². The molecule has 1 rings (SSSR count). The molecule has 0 aromatic rings. The lowest BCUT2D eigenvalue weighted by molar-refractivity contribution is 0.163. The van der Waals surface area contributed by atoms with E-state index in [-0.39, 0.29) is 6.10 Å². The maximum Gasteiger partial charge on any atom is 0.0662 e. The molecule has 2 N–H and O–H groups in total. The Morgan fingerprint density at radius 2 is 2.31 bits per heavy atom. The molecule has 1 aliphatic carbocycles. The second-order valence-corrected chi connectivity index (χ2v) is 4.86. The summed E-state index contributed by atoms with van der Waals surface area (Å²) in [4.78, 5) is 0. The van der Waals surface area contributed by atoms with Gasteiger partial charge in [0.1, 0.15) is 0 Å². The van der Waals surface area contributed by atoms with Gasteiger partial charge in [0.25, 0.3) is 0 Å². The Bertz CT molecular complexity index is 143. The van der Waals surface area contributed by atoms with Gasteiger partial charge in [0, 0.05) is 17.8 Å². The highest BCUT2D eigenvalue weighted by molar-refractivity contribution is 7.99. The number of hydrogen-bond donors (Lipinski definition) is 2.